The molecule has 1 aromatic heterocycles. The maximum absolute atomic E-state index is 13.2. The normalized spacial score (nSPS) is 10.9. The van der Waals surface area contributed by atoms with Gasteiger partial charge in [-0.25, -0.2) is 4.98 Å². The molecule has 0 spiro atoms. The van der Waals surface area contributed by atoms with Gasteiger partial charge in [-0.2, -0.15) is 5.26 Å². The first kappa shape index (κ1) is 19.5. The van der Waals surface area contributed by atoms with Crippen LogP contribution in [0.4, 0.5) is 5.13 Å². The molecule has 0 aliphatic heterocycles. The Balaban J connectivity index is 1.93. The Morgan fingerprint density at radius 2 is 1.93 bits per heavy atom. The Labute approximate surface area is 171 Å². The Kier molecular flexibility index (Phi) is 6.22. The zero-order valence-electron chi connectivity index (χ0n) is 15.1. The van der Waals surface area contributed by atoms with E-state index in [-0.39, 0.29) is 5.91 Å². The van der Waals surface area contributed by atoms with Gasteiger partial charge in [-0.05, 0) is 69.5 Å². The third-order valence-electron chi connectivity index (χ3n) is 4.06. The summed E-state index contributed by atoms with van der Waals surface area (Å²) in [6, 6.07) is 14.7. The molecule has 5 nitrogen and oxygen atoms in total. The fraction of sp³-hybridized carbons (Fsp3) is 0.250. The second-order valence-electron chi connectivity index (χ2n) is 6.41. The minimum absolute atomic E-state index is 0.101. The highest BCUT2D eigenvalue weighted by Crippen LogP contribution is 2.31. The van der Waals surface area contributed by atoms with E-state index in [0.717, 1.165) is 27.7 Å². The van der Waals surface area contributed by atoms with Crippen molar-refractivity contribution >= 4 is 48.5 Å². The molecular weight excluding hydrogens is 424 g/mol. The van der Waals surface area contributed by atoms with Crippen LogP contribution in [0.15, 0.2) is 46.9 Å². The molecule has 3 rings (SSSR count). The number of nitriles is 1. The zero-order valence-corrected chi connectivity index (χ0v) is 17.5. The lowest BCUT2D eigenvalue weighted by molar-refractivity contribution is 0.0986. The van der Waals surface area contributed by atoms with Crippen LogP contribution >= 0.6 is 27.3 Å². The van der Waals surface area contributed by atoms with Crippen LogP contribution in [-0.2, 0) is 0 Å². The Hall–Kier alpha value is -2.27. The molecule has 0 unspecified atom stereocenters. The first-order chi connectivity index (χ1) is 13.0. The van der Waals surface area contributed by atoms with Crippen LogP contribution in [0.2, 0.25) is 0 Å². The van der Waals surface area contributed by atoms with E-state index in [1.54, 1.807) is 29.2 Å². The van der Waals surface area contributed by atoms with Gasteiger partial charge >= 0.3 is 0 Å². The van der Waals surface area contributed by atoms with Gasteiger partial charge in [0.05, 0.1) is 21.8 Å². The average Bonchev–Trinajstić information content (AvgIpc) is 3.07. The van der Waals surface area contributed by atoms with Gasteiger partial charge in [0, 0.05) is 16.6 Å². The van der Waals surface area contributed by atoms with Crippen LogP contribution in [0.5, 0.6) is 0 Å². The molecule has 0 atom stereocenters. The number of amides is 1. The van der Waals surface area contributed by atoms with Crippen molar-refractivity contribution in [3.05, 3.63) is 58.1 Å². The summed E-state index contributed by atoms with van der Waals surface area (Å²) in [5.41, 5.74) is 1.97. The van der Waals surface area contributed by atoms with E-state index in [2.05, 4.69) is 31.9 Å². The second-order valence-corrected chi connectivity index (χ2v) is 8.34. The predicted octanol–water partition coefficient (Wildman–Crippen LogP) is 4.53. The van der Waals surface area contributed by atoms with Gasteiger partial charge in [0.2, 0.25) is 0 Å². The van der Waals surface area contributed by atoms with Gasteiger partial charge in [0.25, 0.3) is 5.91 Å². The Morgan fingerprint density at radius 1 is 1.19 bits per heavy atom. The van der Waals surface area contributed by atoms with Crippen LogP contribution in [0.3, 0.4) is 0 Å². The van der Waals surface area contributed by atoms with Crippen molar-refractivity contribution < 1.29 is 4.79 Å². The lowest BCUT2D eigenvalue weighted by atomic mass is 10.1. The van der Waals surface area contributed by atoms with E-state index < -0.39 is 0 Å². The van der Waals surface area contributed by atoms with Crippen molar-refractivity contribution in [3.63, 3.8) is 0 Å². The van der Waals surface area contributed by atoms with Crippen LogP contribution < -0.4 is 4.90 Å². The molecule has 0 radical (unpaired) electrons. The van der Waals surface area contributed by atoms with Gasteiger partial charge in [-0.1, -0.05) is 27.3 Å². The predicted molar refractivity (Wildman–Crippen MR) is 113 cm³/mol. The number of carbonyl (C=O) groups is 1. The number of benzene rings is 2. The van der Waals surface area contributed by atoms with Crippen LogP contribution in [0.1, 0.15) is 22.3 Å². The standard InChI is InChI=1S/C20H19BrN4OS/c1-24(2)10-3-11-25(19(26)15-6-4-14(13-22)5-7-15)20-23-17-9-8-16(21)12-18(17)27-20/h4-9,12H,3,10-11H2,1-2H3. The van der Waals surface area contributed by atoms with Crippen molar-refractivity contribution in [2.45, 2.75) is 6.42 Å². The first-order valence-corrected chi connectivity index (χ1v) is 10.1. The molecule has 2 aromatic carbocycles. The number of hydrogen-bond acceptors (Lipinski definition) is 5. The highest BCUT2D eigenvalue weighted by Gasteiger charge is 2.21. The molecule has 0 saturated carbocycles. The monoisotopic (exact) mass is 442 g/mol. The zero-order chi connectivity index (χ0) is 19.4. The first-order valence-electron chi connectivity index (χ1n) is 8.51. The highest BCUT2D eigenvalue weighted by molar-refractivity contribution is 9.10. The average molecular weight is 443 g/mol. The van der Waals surface area contributed by atoms with Gasteiger partial charge in [0.15, 0.2) is 5.13 Å². The Morgan fingerprint density at radius 3 is 2.59 bits per heavy atom. The summed E-state index contributed by atoms with van der Waals surface area (Å²) in [5.74, 6) is -0.101. The number of rotatable bonds is 6. The quantitative estimate of drug-likeness (QED) is 0.562. The number of carbonyl (C=O) groups excluding carboxylic acids is 1. The molecule has 27 heavy (non-hydrogen) atoms. The number of thiazole rings is 1. The van der Waals surface area contributed by atoms with E-state index in [0.29, 0.717) is 22.8 Å². The number of halogens is 1. The smallest absolute Gasteiger partial charge is 0.260 e. The van der Waals surface area contributed by atoms with E-state index in [9.17, 15) is 4.79 Å². The fourth-order valence-corrected chi connectivity index (χ4v) is 4.22. The second kappa shape index (κ2) is 8.61. The molecule has 1 amide bonds. The molecule has 138 valence electrons. The number of hydrogen-bond donors (Lipinski definition) is 0. The number of fused-ring (bicyclic) bond motifs is 1. The molecular formula is C20H19BrN4OS. The number of nitrogens with zero attached hydrogens (tertiary/aromatic N) is 4. The van der Waals surface area contributed by atoms with Crippen LogP contribution in [-0.4, -0.2) is 43.0 Å². The van der Waals surface area contributed by atoms with Gasteiger partial charge in [-0.15, -0.1) is 0 Å². The van der Waals surface area contributed by atoms with E-state index in [1.165, 1.54) is 11.3 Å². The van der Waals surface area contributed by atoms with Crippen LogP contribution in [0.25, 0.3) is 10.2 Å². The fourth-order valence-electron chi connectivity index (χ4n) is 2.67. The molecule has 0 saturated heterocycles. The van der Waals surface area contributed by atoms with E-state index >= 15 is 0 Å². The summed E-state index contributed by atoms with van der Waals surface area (Å²) < 4.78 is 2.02. The summed E-state index contributed by atoms with van der Waals surface area (Å²) in [6.45, 7) is 1.46. The molecule has 0 aliphatic rings. The van der Waals surface area contributed by atoms with E-state index in [1.807, 2.05) is 32.3 Å². The summed E-state index contributed by atoms with van der Waals surface area (Å²) >= 11 is 4.99. The minimum atomic E-state index is -0.101. The summed E-state index contributed by atoms with van der Waals surface area (Å²) in [5, 5.41) is 9.65. The third kappa shape index (κ3) is 4.72. The van der Waals surface area contributed by atoms with Crippen molar-refractivity contribution in [2.24, 2.45) is 0 Å². The SMILES string of the molecule is CN(C)CCCN(C(=O)c1ccc(C#N)cc1)c1nc2ccc(Br)cc2s1. The highest BCUT2D eigenvalue weighted by atomic mass is 79.9. The molecule has 0 aliphatic carbocycles. The molecule has 7 heteroatoms. The molecule has 0 fully saturated rings. The Bertz CT molecular complexity index is 991. The number of anilines is 1. The minimum Gasteiger partial charge on any atom is -0.309 e. The van der Waals surface area contributed by atoms with Crippen molar-refractivity contribution in [2.75, 3.05) is 32.1 Å². The molecule has 0 bridgehead atoms. The summed E-state index contributed by atoms with van der Waals surface area (Å²) in [7, 11) is 4.03. The summed E-state index contributed by atoms with van der Waals surface area (Å²) in [4.78, 5) is 21.7. The maximum Gasteiger partial charge on any atom is 0.260 e. The van der Waals surface area contributed by atoms with Crippen molar-refractivity contribution in [1.29, 1.82) is 5.26 Å². The van der Waals surface area contributed by atoms with Gasteiger partial charge in [-0.3, -0.25) is 9.69 Å². The molecule has 0 N–H and O–H groups in total. The van der Waals surface area contributed by atoms with Gasteiger partial charge < -0.3 is 4.90 Å². The topological polar surface area (TPSA) is 60.2 Å². The van der Waals surface area contributed by atoms with Gasteiger partial charge in [0.1, 0.15) is 0 Å². The summed E-state index contributed by atoms with van der Waals surface area (Å²) in [6.07, 6.45) is 0.842. The van der Waals surface area contributed by atoms with Crippen LogP contribution in [0, 0.1) is 11.3 Å². The molecule has 3 aromatic rings. The molecule has 1 heterocycles. The van der Waals surface area contributed by atoms with E-state index in [4.69, 9.17) is 5.26 Å². The largest absolute Gasteiger partial charge is 0.309 e. The third-order valence-corrected chi connectivity index (χ3v) is 5.60. The maximum atomic E-state index is 13.2. The lowest BCUT2D eigenvalue weighted by Gasteiger charge is -2.21. The number of aromatic nitrogens is 1. The van der Waals surface area contributed by atoms with Crippen molar-refractivity contribution in [3.8, 4) is 6.07 Å². The lowest BCUT2D eigenvalue weighted by Crippen LogP contribution is -2.33. The van der Waals surface area contributed by atoms with Crippen molar-refractivity contribution in [1.82, 2.24) is 9.88 Å².